The molecule has 0 spiro atoms. The molecule has 3 fully saturated rings. The molecule has 0 aromatic heterocycles. The van der Waals surface area contributed by atoms with Crippen LogP contribution in [0.15, 0.2) is 0 Å². The fourth-order valence-electron chi connectivity index (χ4n) is 3.75. The monoisotopic (exact) mass is 236 g/mol. The average Bonchev–Trinajstić information content (AvgIpc) is 2.95. The van der Waals surface area contributed by atoms with Crippen molar-refractivity contribution < 1.29 is 4.79 Å². The lowest BCUT2D eigenvalue weighted by atomic mass is 9.97. The molecule has 1 saturated carbocycles. The van der Waals surface area contributed by atoms with E-state index in [1.807, 2.05) is 0 Å². The number of piperidine rings is 1. The molecule has 1 amide bonds. The summed E-state index contributed by atoms with van der Waals surface area (Å²) in [5.41, 5.74) is 0. The largest absolute Gasteiger partial charge is 0.340 e. The molecule has 1 N–H and O–H groups in total. The summed E-state index contributed by atoms with van der Waals surface area (Å²) in [6.07, 6.45) is 6.10. The average molecular weight is 236 g/mol. The van der Waals surface area contributed by atoms with Crippen LogP contribution in [0.4, 0.5) is 0 Å². The Morgan fingerprint density at radius 2 is 1.82 bits per heavy atom. The van der Waals surface area contributed by atoms with Crippen LogP contribution in [0, 0.1) is 11.8 Å². The summed E-state index contributed by atoms with van der Waals surface area (Å²) in [5, 5.41) is 3.65. The van der Waals surface area contributed by atoms with Crippen LogP contribution in [-0.4, -0.2) is 35.5 Å². The predicted octanol–water partition coefficient (Wildman–Crippen LogP) is 1.77. The molecule has 17 heavy (non-hydrogen) atoms. The van der Waals surface area contributed by atoms with Gasteiger partial charge in [0, 0.05) is 30.6 Å². The SMILES string of the molecule is CCN(C(=O)C1CC1C)C1CC2CCC(C1)N2. The lowest BCUT2D eigenvalue weighted by molar-refractivity contribution is -0.135. The van der Waals surface area contributed by atoms with Crippen LogP contribution >= 0.6 is 0 Å². The number of hydrogen-bond acceptors (Lipinski definition) is 2. The van der Waals surface area contributed by atoms with Gasteiger partial charge in [0.05, 0.1) is 0 Å². The van der Waals surface area contributed by atoms with Crippen LogP contribution < -0.4 is 5.32 Å². The molecule has 3 rings (SSSR count). The number of amides is 1. The summed E-state index contributed by atoms with van der Waals surface area (Å²) in [6.45, 7) is 5.23. The van der Waals surface area contributed by atoms with E-state index in [2.05, 4.69) is 24.1 Å². The first-order valence-electron chi connectivity index (χ1n) is 7.25. The summed E-state index contributed by atoms with van der Waals surface area (Å²) < 4.78 is 0. The third-order valence-corrected chi connectivity index (χ3v) is 4.94. The normalized spacial score (nSPS) is 43.5. The Labute approximate surface area is 104 Å². The van der Waals surface area contributed by atoms with E-state index >= 15 is 0 Å². The van der Waals surface area contributed by atoms with E-state index in [1.54, 1.807) is 0 Å². The second kappa shape index (κ2) is 4.27. The van der Waals surface area contributed by atoms with Crippen molar-refractivity contribution in [1.82, 2.24) is 10.2 Å². The highest BCUT2D eigenvalue weighted by molar-refractivity contribution is 5.81. The van der Waals surface area contributed by atoms with Gasteiger partial charge in [-0.1, -0.05) is 6.92 Å². The Bertz CT molecular complexity index is 305. The summed E-state index contributed by atoms with van der Waals surface area (Å²) in [5.74, 6) is 1.42. The number of rotatable bonds is 3. The van der Waals surface area contributed by atoms with Crippen LogP contribution in [-0.2, 0) is 4.79 Å². The second-order valence-electron chi connectivity index (χ2n) is 6.21. The Kier molecular flexibility index (Phi) is 2.89. The Balaban J connectivity index is 1.66. The molecule has 3 heteroatoms. The molecular formula is C14H24N2O. The molecule has 3 nitrogen and oxygen atoms in total. The zero-order valence-electron chi connectivity index (χ0n) is 11.0. The summed E-state index contributed by atoms with van der Waals surface area (Å²) in [6, 6.07) is 1.87. The van der Waals surface area contributed by atoms with Crippen LogP contribution in [0.3, 0.4) is 0 Å². The zero-order valence-corrected chi connectivity index (χ0v) is 11.0. The number of carbonyl (C=O) groups is 1. The molecule has 0 aromatic rings. The summed E-state index contributed by atoms with van der Waals surface area (Å²) >= 11 is 0. The minimum absolute atomic E-state index is 0.350. The molecule has 0 aromatic carbocycles. The highest BCUT2D eigenvalue weighted by Crippen LogP contribution is 2.40. The van der Waals surface area contributed by atoms with Crippen molar-refractivity contribution in [1.29, 1.82) is 0 Å². The van der Waals surface area contributed by atoms with Crippen molar-refractivity contribution in [2.24, 2.45) is 11.8 Å². The van der Waals surface area contributed by atoms with E-state index in [9.17, 15) is 4.79 Å². The lowest BCUT2D eigenvalue weighted by Crippen LogP contribution is -2.50. The van der Waals surface area contributed by atoms with Gasteiger partial charge in [-0.2, -0.15) is 0 Å². The van der Waals surface area contributed by atoms with Gasteiger partial charge in [-0.05, 0) is 44.9 Å². The van der Waals surface area contributed by atoms with Crippen LogP contribution in [0.1, 0.15) is 46.0 Å². The lowest BCUT2D eigenvalue weighted by Gasteiger charge is -2.37. The molecule has 4 unspecified atom stereocenters. The van der Waals surface area contributed by atoms with E-state index < -0.39 is 0 Å². The number of fused-ring (bicyclic) bond motifs is 2. The number of hydrogen-bond donors (Lipinski definition) is 1. The molecule has 0 radical (unpaired) electrons. The summed E-state index contributed by atoms with van der Waals surface area (Å²) in [4.78, 5) is 14.6. The first kappa shape index (κ1) is 11.5. The van der Waals surface area contributed by atoms with Crippen molar-refractivity contribution in [3.8, 4) is 0 Å². The van der Waals surface area contributed by atoms with Gasteiger partial charge in [0.1, 0.15) is 0 Å². The first-order chi connectivity index (χ1) is 8.19. The number of nitrogens with zero attached hydrogens (tertiary/aromatic N) is 1. The van der Waals surface area contributed by atoms with Crippen LogP contribution in [0.2, 0.25) is 0 Å². The smallest absolute Gasteiger partial charge is 0.226 e. The maximum atomic E-state index is 12.4. The fraction of sp³-hybridized carbons (Fsp3) is 0.929. The van der Waals surface area contributed by atoms with Gasteiger partial charge in [-0.15, -0.1) is 0 Å². The highest BCUT2D eigenvalue weighted by atomic mass is 16.2. The quantitative estimate of drug-likeness (QED) is 0.810. The van der Waals surface area contributed by atoms with Crippen molar-refractivity contribution in [3.05, 3.63) is 0 Å². The highest BCUT2D eigenvalue weighted by Gasteiger charge is 2.44. The van der Waals surface area contributed by atoms with Gasteiger partial charge in [0.25, 0.3) is 0 Å². The molecule has 3 aliphatic rings. The molecule has 2 bridgehead atoms. The number of carbonyl (C=O) groups excluding carboxylic acids is 1. The number of nitrogens with one attached hydrogen (secondary N) is 1. The van der Waals surface area contributed by atoms with E-state index in [1.165, 1.54) is 25.7 Å². The predicted molar refractivity (Wildman–Crippen MR) is 67.6 cm³/mol. The van der Waals surface area contributed by atoms with Crippen LogP contribution in [0.25, 0.3) is 0 Å². The Morgan fingerprint density at radius 1 is 1.24 bits per heavy atom. The van der Waals surface area contributed by atoms with E-state index in [-0.39, 0.29) is 0 Å². The van der Waals surface area contributed by atoms with E-state index in [0.717, 1.165) is 13.0 Å². The summed E-state index contributed by atoms with van der Waals surface area (Å²) in [7, 11) is 0. The van der Waals surface area contributed by atoms with Gasteiger partial charge in [-0.3, -0.25) is 4.79 Å². The van der Waals surface area contributed by atoms with Crippen molar-refractivity contribution >= 4 is 5.91 Å². The van der Waals surface area contributed by atoms with Gasteiger partial charge < -0.3 is 10.2 Å². The minimum atomic E-state index is 0.350. The fourth-order valence-corrected chi connectivity index (χ4v) is 3.75. The van der Waals surface area contributed by atoms with Gasteiger partial charge in [0.2, 0.25) is 5.91 Å². The third-order valence-electron chi connectivity index (χ3n) is 4.94. The third kappa shape index (κ3) is 2.10. The molecule has 96 valence electrons. The molecule has 4 atom stereocenters. The Hall–Kier alpha value is -0.570. The molecule has 2 saturated heterocycles. The van der Waals surface area contributed by atoms with Crippen molar-refractivity contribution in [2.45, 2.75) is 64.1 Å². The molecule has 2 heterocycles. The molecular weight excluding hydrogens is 212 g/mol. The van der Waals surface area contributed by atoms with Gasteiger partial charge >= 0.3 is 0 Å². The van der Waals surface area contributed by atoms with E-state index in [0.29, 0.717) is 35.9 Å². The second-order valence-corrected chi connectivity index (χ2v) is 6.21. The Morgan fingerprint density at radius 3 is 2.29 bits per heavy atom. The first-order valence-corrected chi connectivity index (χ1v) is 7.25. The van der Waals surface area contributed by atoms with Crippen molar-refractivity contribution in [3.63, 3.8) is 0 Å². The topological polar surface area (TPSA) is 32.3 Å². The van der Waals surface area contributed by atoms with Crippen molar-refractivity contribution in [2.75, 3.05) is 6.54 Å². The van der Waals surface area contributed by atoms with Gasteiger partial charge in [0.15, 0.2) is 0 Å². The molecule has 1 aliphatic carbocycles. The van der Waals surface area contributed by atoms with E-state index in [4.69, 9.17) is 0 Å². The maximum absolute atomic E-state index is 12.4. The van der Waals surface area contributed by atoms with Gasteiger partial charge in [-0.25, -0.2) is 0 Å². The maximum Gasteiger partial charge on any atom is 0.226 e. The zero-order chi connectivity index (χ0) is 12.0. The minimum Gasteiger partial charge on any atom is -0.340 e. The van der Waals surface area contributed by atoms with Crippen LogP contribution in [0.5, 0.6) is 0 Å². The molecule has 2 aliphatic heterocycles. The standard InChI is InChI=1S/C14H24N2O/c1-3-16(14(17)13-6-9(13)2)12-7-10-4-5-11(8-12)15-10/h9-13,15H,3-8H2,1-2H3.